The molecule has 0 radical (unpaired) electrons. The fraction of sp³-hybridized carbons (Fsp3) is 0.414. The Labute approximate surface area is 218 Å². The molecular formula is C29H35N3O5. The predicted molar refractivity (Wildman–Crippen MR) is 139 cm³/mol. The fourth-order valence-electron chi connectivity index (χ4n) is 4.71. The third kappa shape index (κ3) is 6.77. The highest BCUT2D eigenvalue weighted by atomic mass is 16.5. The number of rotatable bonds is 10. The second-order valence-electron chi connectivity index (χ2n) is 9.31. The lowest BCUT2D eigenvalue weighted by Crippen LogP contribution is -2.43. The maximum atomic E-state index is 13.2. The van der Waals surface area contributed by atoms with E-state index in [0.717, 1.165) is 24.2 Å². The second kappa shape index (κ2) is 12.5. The highest BCUT2D eigenvalue weighted by Gasteiger charge is 2.31. The molecule has 2 heterocycles. The molecule has 37 heavy (non-hydrogen) atoms. The molecule has 1 aliphatic rings. The van der Waals surface area contributed by atoms with Crippen LogP contribution in [0.3, 0.4) is 0 Å². The third-order valence-corrected chi connectivity index (χ3v) is 6.79. The summed E-state index contributed by atoms with van der Waals surface area (Å²) in [6.45, 7) is 6.27. The van der Waals surface area contributed by atoms with Gasteiger partial charge in [-0.15, -0.1) is 0 Å². The van der Waals surface area contributed by atoms with E-state index in [9.17, 15) is 9.59 Å². The van der Waals surface area contributed by atoms with Gasteiger partial charge in [0.2, 0.25) is 5.89 Å². The fourth-order valence-corrected chi connectivity index (χ4v) is 4.71. The molecule has 1 saturated heterocycles. The molecule has 0 spiro atoms. The van der Waals surface area contributed by atoms with E-state index in [1.54, 1.807) is 18.9 Å². The number of esters is 1. The van der Waals surface area contributed by atoms with Crippen LogP contribution in [0.4, 0.5) is 0 Å². The zero-order valence-electron chi connectivity index (χ0n) is 21.8. The van der Waals surface area contributed by atoms with Crippen molar-refractivity contribution in [2.75, 3.05) is 26.8 Å². The lowest BCUT2D eigenvalue weighted by atomic mass is 9.98. The highest BCUT2D eigenvalue weighted by molar-refractivity contribution is 5.92. The van der Waals surface area contributed by atoms with E-state index >= 15 is 0 Å². The van der Waals surface area contributed by atoms with Gasteiger partial charge in [-0.1, -0.05) is 42.5 Å². The van der Waals surface area contributed by atoms with Crippen molar-refractivity contribution < 1.29 is 23.5 Å². The van der Waals surface area contributed by atoms with Gasteiger partial charge in [-0.3, -0.25) is 14.5 Å². The topological polar surface area (TPSA) is 85.1 Å². The second-order valence-corrected chi connectivity index (χ2v) is 9.31. The molecular weight excluding hydrogens is 470 g/mol. The molecule has 1 aromatic heterocycles. The monoisotopic (exact) mass is 505 g/mol. The Morgan fingerprint density at radius 1 is 1.16 bits per heavy atom. The lowest BCUT2D eigenvalue weighted by Gasteiger charge is -2.31. The molecule has 1 amide bonds. The smallest absolute Gasteiger partial charge is 0.310 e. The molecule has 2 atom stereocenters. The average molecular weight is 506 g/mol. The first-order valence-electron chi connectivity index (χ1n) is 12.8. The third-order valence-electron chi connectivity index (χ3n) is 6.79. The molecule has 3 aromatic rings. The summed E-state index contributed by atoms with van der Waals surface area (Å²) in [7, 11) is 1.66. The number of carbonyl (C=O) groups is 2. The normalized spacial score (nSPS) is 16.4. The van der Waals surface area contributed by atoms with Gasteiger partial charge in [-0.2, -0.15) is 0 Å². The first kappa shape index (κ1) is 26.4. The summed E-state index contributed by atoms with van der Waals surface area (Å²) in [6.07, 6.45) is 2.90. The molecule has 0 bridgehead atoms. The summed E-state index contributed by atoms with van der Waals surface area (Å²) in [5.41, 5.74) is 2.53. The number of piperidine rings is 1. The van der Waals surface area contributed by atoms with Gasteiger partial charge >= 0.3 is 5.97 Å². The number of amides is 1. The molecule has 0 N–H and O–H groups in total. The number of aromatic nitrogens is 1. The zero-order chi connectivity index (χ0) is 26.2. The molecule has 8 nitrogen and oxygen atoms in total. The Morgan fingerprint density at radius 2 is 1.97 bits per heavy atom. The summed E-state index contributed by atoms with van der Waals surface area (Å²) in [4.78, 5) is 33.8. The number of methoxy groups -OCH3 is 1. The Bertz CT molecular complexity index is 1180. The number of nitrogens with zero attached hydrogens (tertiary/aromatic N) is 3. The predicted octanol–water partition coefficient (Wildman–Crippen LogP) is 4.86. The summed E-state index contributed by atoms with van der Waals surface area (Å²) < 4.78 is 16.3. The number of ether oxygens (including phenoxy) is 2. The van der Waals surface area contributed by atoms with Crippen LogP contribution in [0.1, 0.15) is 60.2 Å². The van der Waals surface area contributed by atoms with E-state index in [4.69, 9.17) is 13.9 Å². The van der Waals surface area contributed by atoms with Gasteiger partial charge in [0.1, 0.15) is 12.0 Å². The molecule has 2 aromatic carbocycles. The van der Waals surface area contributed by atoms with Crippen molar-refractivity contribution in [1.82, 2.24) is 14.8 Å². The summed E-state index contributed by atoms with van der Waals surface area (Å²) >= 11 is 0. The number of benzene rings is 2. The number of hydrogen-bond donors (Lipinski definition) is 0. The summed E-state index contributed by atoms with van der Waals surface area (Å²) in [5, 5.41) is 0. The minimum Gasteiger partial charge on any atom is -0.497 e. The van der Waals surface area contributed by atoms with E-state index in [1.165, 1.54) is 11.8 Å². The Kier molecular flexibility index (Phi) is 8.95. The van der Waals surface area contributed by atoms with Crippen LogP contribution in [0.2, 0.25) is 0 Å². The van der Waals surface area contributed by atoms with Crippen LogP contribution in [0.15, 0.2) is 65.3 Å². The quantitative estimate of drug-likeness (QED) is 0.364. The van der Waals surface area contributed by atoms with E-state index in [2.05, 4.69) is 35.0 Å². The van der Waals surface area contributed by atoms with E-state index < -0.39 is 0 Å². The van der Waals surface area contributed by atoms with Crippen LogP contribution < -0.4 is 4.74 Å². The minimum atomic E-state index is -0.297. The van der Waals surface area contributed by atoms with Gasteiger partial charge in [0.05, 0.1) is 26.2 Å². The molecule has 1 fully saturated rings. The molecule has 8 heteroatoms. The molecule has 196 valence electrons. The van der Waals surface area contributed by atoms with Gasteiger partial charge in [0, 0.05) is 25.7 Å². The molecule has 0 aliphatic carbocycles. The summed E-state index contributed by atoms with van der Waals surface area (Å²) in [6, 6.07) is 18.3. The van der Waals surface area contributed by atoms with E-state index in [-0.39, 0.29) is 29.5 Å². The van der Waals surface area contributed by atoms with Gasteiger partial charge in [0.25, 0.3) is 5.91 Å². The number of carbonyl (C=O) groups excluding carboxylic acids is 2. The van der Waals surface area contributed by atoms with Crippen LogP contribution in [0, 0.1) is 5.92 Å². The van der Waals surface area contributed by atoms with E-state index in [0.29, 0.717) is 38.7 Å². The zero-order valence-corrected chi connectivity index (χ0v) is 21.8. The largest absolute Gasteiger partial charge is 0.497 e. The van der Waals surface area contributed by atoms with Gasteiger partial charge < -0.3 is 18.8 Å². The molecule has 4 rings (SSSR count). The highest BCUT2D eigenvalue weighted by Crippen LogP contribution is 2.26. The maximum Gasteiger partial charge on any atom is 0.310 e. The Balaban J connectivity index is 1.49. The first-order chi connectivity index (χ1) is 18.0. The molecule has 0 unspecified atom stereocenters. The van der Waals surface area contributed by atoms with Crippen molar-refractivity contribution >= 4 is 11.9 Å². The van der Waals surface area contributed by atoms with Crippen LogP contribution >= 0.6 is 0 Å². The summed E-state index contributed by atoms with van der Waals surface area (Å²) in [5.74, 6) is 0.502. The lowest BCUT2D eigenvalue weighted by molar-refractivity contribution is -0.149. The molecule has 0 saturated carbocycles. The first-order valence-corrected chi connectivity index (χ1v) is 12.8. The van der Waals surface area contributed by atoms with Gasteiger partial charge in [0.15, 0.2) is 5.69 Å². The van der Waals surface area contributed by atoms with Crippen molar-refractivity contribution in [1.29, 1.82) is 0 Å². The average Bonchev–Trinajstić information content (AvgIpc) is 3.41. The van der Waals surface area contributed by atoms with Crippen LogP contribution in [-0.4, -0.2) is 53.5 Å². The SMILES string of the molecule is CCOC(=O)[C@H]1CCCN(C(=O)c2coc(CN(Cc3cccc(OC)c3)[C@@H](C)c3ccccc3)n2)C1. The Hall–Kier alpha value is -3.65. The number of likely N-dealkylation sites (tertiary alicyclic amines) is 1. The minimum absolute atomic E-state index is 0.0749. The van der Waals surface area contributed by atoms with E-state index in [1.807, 2.05) is 36.4 Å². The van der Waals surface area contributed by atoms with Crippen molar-refractivity contribution in [3.8, 4) is 5.75 Å². The van der Waals surface area contributed by atoms with Crippen LogP contribution in [0.25, 0.3) is 0 Å². The van der Waals surface area contributed by atoms with Gasteiger partial charge in [-0.05, 0) is 49.9 Å². The standard InChI is InChI=1S/C29H35N3O5/c1-4-36-29(34)24-13-9-15-31(18-24)28(33)26-20-37-27(30-26)19-32(21(2)23-11-6-5-7-12-23)17-22-10-8-14-25(16-22)35-3/h5-8,10-12,14,16,20-21,24H,4,9,13,15,17-19H2,1-3H3/t21-,24-/m0/s1. The molecule has 1 aliphatic heterocycles. The van der Waals surface area contributed by atoms with Crippen molar-refractivity contribution in [3.05, 3.63) is 83.6 Å². The van der Waals surface area contributed by atoms with Crippen molar-refractivity contribution in [3.63, 3.8) is 0 Å². The van der Waals surface area contributed by atoms with Crippen LogP contribution in [0.5, 0.6) is 5.75 Å². The van der Waals surface area contributed by atoms with Crippen molar-refractivity contribution in [2.24, 2.45) is 5.92 Å². The van der Waals surface area contributed by atoms with Gasteiger partial charge in [-0.25, -0.2) is 4.98 Å². The number of hydrogen-bond acceptors (Lipinski definition) is 7. The Morgan fingerprint density at radius 3 is 2.73 bits per heavy atom. The number of oxazole rings is 1. The maximum absolute atomic E-state index is 13.2. The van der Waals surface area contributed by atoms with Crippen molar-refractivity contribution in [2.45, 2.75) is 45.8 Å². The van der Waals surface area contributed by atoms with Crippen LogP contribution in [-0.2, 0) is 22.6 Å².